The highest BCUT2D eigenvalue weighted by Gasteiger charge is 2.41. The molecule has 1 aliphatic rings. The van der Waals surface area contributed by atoms with Crippen LogP contribution in [0, 0.1) is 11.6 Å². The van der Waals surface area contributed by atoms with E-state index in [-0.39, 0.29) is 11.0 Å². The SMILES string of the molecule is CCC1(C)CN(C(=O)c2cccc(F)c2F)c2ccc(Cl)cc21.CCCN.CCNCC. The highest BCUT2D eigenvalue weighted by molar-refractivity contribution is 6.30. The molecule has 1 atom stereocenters. The zero-order valence-corrected chi connectivity index (χ0v) is 20.5. The quantitative estimate of drug-likeness (QED) is 0.574. The van der Waals surface area contributed by atoms with Gasteiger partial charge in [-0.15, -0.1) is 0 Å². The van der Waals surface area contributed by atoms with Gasteiger partial charge in [-0.2, -0.15) is 0 Å². The molecule has 3 rings (SSSR count). The highest BCUT2D eigenvalue weighted by atomic mass is 35.5. The van der Waals surface area contributed by atoms with E-state index in [4.69, 9.17) is 17.3 Å². The van der Waals surface area contributed by atoms with Crippen molar-refractivity contribution in [2.75, 3.05) is 31.1 Å². The van der Waals surface area contributed by atoms with Gasteiger partial charge in [-0.3, -0.25) is 4.79 Å². The number of nitrogens with two attached hydrogens (primary N) is 1. The second kappa shape index (κ2) is 13.5. The Morgan fingerprint density at radius 3 is 2.28 bits per heavy atom. The van der Waals surface area contributed by atoms with Crippen molar-refractivity contribution in [2.24, 2.45) is 5.73 Å². The Hall–Kier alpha value is -2.02. The van der Waals surface area contributed by atoms with E-state index in [1.54, 1.807) is 12.1 Å². The number of anilines is 1. The first-order valence-corrected chi connectivity index (χ1v) is 11.5. The van der Waals surface area contributed by atoms with E-state index < -0.39 is 17.5 Å². The van der Waals surface area contributed by atoms with Crippen molar-refractivity contribution in [1.82, 2.24) is 5.32 Å². The van der Waals surface area contributed by atoms with Gasteiger partial charge in [0.1, 0.15) is 0 Å². The number of amides is 1. The lowest BCUT2D eigenvalue weighted by Gasteiger charge is -2.24. The Morgan fingerprint density at radius 2 is 1.78 bits per heavy atom. The molecular formula is C25H36ClF2N3O. The molecule has 1 aliphatic heterocycles. The van der Waals surface area contributed by atoms with Gasteiger partial charge in [-0.25, -0.2) is 8.78 Å². The third-order valence-electron chi connectivity index (χ3n) is 5.40. The van der Waals surface area contributed by atoms with Crippen LogP contribution in [-0.2, 0) is 5.41 Å². The highest BCUT2D eigenvalue weighted by Crippen LogP contribution is 2.44. The fraction of sp³-hybridized carbons (Fsp3) is 0.480. The molecule has 1 amide bonds. The van der Waals surface area contributed by atoms with Gasteiger partial charge >= 0.3 is 0 Å². The Balaban J connectivity index is 0.000000485. The maximum absolute atomic E-state index is 14.0. The van der Waals surface area contributed by atoms with E-state index in [0.29, 0.717) is 17.3 Å². The Bertz CT molecular complexity index is 874. The number of fused-ring (bicyclic) bond motifs is 1. The van der Waals surface area contributed by atoms with Crippen LogP contribution in [0.4, 0.5) is 14.5 Å². The predicted octanol–water partition coefficient (Wildman–Crippen LogP) is 5.92. The summed E-state index contributed by atoms with van der Waals surface area (Å²) in [5.41, 5.74) is 6.16. The molecule has 7 heteroatoms. The van der Waals surface area contributed by atoms with E-state index in [0.717, 1.165) is 44.1 Å². The monoisotopic (exact) mass is 467 g/mol. The first kappa shape index (κ1) is 28.0. The number of benzene rings is 2. The van der Waals surface area contributed by atoms with E-state index in [1.807, 2.05) is 19.9 Å². The summed E-state index contributed by atoms with van der Waals surface area (Å²) in [7, 11) is 0. The number of halogens is 3. The second-order valence-corrected chi connectivity index (χ2v) is 8.25. The van der Waals surface area contributed by atoms with Gasteiger partial charge in [0, 0.05) is 22.7 Å². The lowest BCUT2D eigenvalue weighted by molar-refractivity contribution is 0.0980. The molecule has 32 heavy (non-hydrogen) atoms. The van der Waals surface area contributed by atoms with Crippen LogP contribution >= 0.6 is 11.6 Å². The molecule has 2 aromatic rings. The van der Waals surface area contributed by atoms with Crippen molar-refractivity contribution in [1.29, 1.82) is 0 Å². The number of rotatable bonds is 5. The molecule has 0 spiro atoms. The Labute approximate surface area is 196 Å². The van der Waals surface area contributed by atoms with Crippen molar-refractivity contribution in [2.45, 2.75) is 52.9 Å². The molecule has 0 fully saturated rings. The van der Waals surface area contributed by atoms with Gasteiger partial charge in [0.25, 0.3) is 5.91 Å². The van der Waals surface area contributed by atoms with Gasteiger partial charge in [-0.05, 0) is 68.4 Å². The van der Waals surface area contributed by atoms with Crippen molar-refractivity contribution < 1.29 is 13.6 Å². The molecule has 0 saturated heterocycles. The fourth-order valence-corrected chi connectivity index (χ4v) is 3.47. The molecule has 178 valence electrons. The summed E-state index contributed by atoms with van der Waals surface area (Å²) in [5, 5.41) is 3.70. The van der Waals surface area contributed by atoms with Crippen molar-refractivity contribution in [3.05, 3.63) is 64.2 Å². The van der Waals surface area contributed by atoms with Gasteiger partial charge in [0.2, 0.25) is 0 Å². The molecule has 0 radical (unpaired) electrons. The minimum atomic E-state index is -1.11. The zero-order valence-electron chi connectivity index (χ0n) is 19.8. The molecular weight excluding hydrogens is 432 g/mol. The number of hydrogen-bond donors (Lipinski definition) is 2. The number of carbonyl (C=O) groups excluding carboxylic acids is 1. The van der Waals surface area contributed by atoms with Gasteiger partial charge in [-0.1, -0.05) is 52.3 Å². The first-order chi connectivity index (χ1) is 15.2. The lowest BCUT2D eigenvalue weighted by Crippen LogP contribution is -2.35. The van der Waals surface area contributed by atoms with Crippen LogP contribution < -0.4 is 16.0 Å². The van der Waals surface area contributed by atoms with Gasteiger partial charge in [0.15, 0.2) is 11.6 Å². The summed E-state index contributed by atoms with van der Waals surface area (Å²) in [5.74, 6) is -2.68. The third kappa shape index (κ3) is 6.99. The fourth-order valence-electron chi connectivity index (χ4n) is 3.29. The normalized spacial score (nSPS) is 16.5. The first-order valence-electron chi connectivity index (χ1n) is 11.2. The van der Waals surface area contributed by atoms with Gasteiger partial charge < -0.3 is 16.0 Å². The molecule has 0 saturated carbocycles. The van der Waals surface area contributed by atoms with Crippen LogP contribution in [-0.4, -0.2) is 32.1 Å². The zero-order chi connectivity index (χ0) is 24.3. The summed E-state index contributed by atoms with van der Waals surface area (Å²) in [4.78, 5) is 14.3. The molecule has 0 aromatic heterocycles. The maximum atomic E-state index is 14.0. The van der Waals surface area contributed by atoms with Crippen LogP contribution in [0.15, 0.2) is 36.4 Å². The standard InChI is InChI=1S/C18H16ClF2NO.C4H11N.C3H9N/c1-3-18(2)10-22(15-8-7-11(19)9-13(15)18)17(23)12-5-4-6-14(20)16(12)21;1-3-5-4-2;1-2-3-4/h4-9H,3,10H2,1-2H3;5H,3-4H2,1-2H3;2-4H2,1H3. The minimum Gasteiger partial charge on any atom is -0.330 e. The van der Waals surface area contributed by atoms with Crippen molar-refractivity contribution >= 4 is 23.2 Å². The van der Waals surface area contributed by atoms with Crippen molar-refractivity contribution in [3.8, 4) is 0 Å². The average Bonchev–Trinajstić information content (AvgIpc) is 3.09. The predicted molar refractivity (Wildman–Crippen MR) is 131 cm³/mol. The van der Waals surface area contributed by atoms with E-state index in [9.17, 15) is 13.6 Å². The summed E-state index contributed by atoms with van der Waals surface area (Å²) >= 11 is 6.08. The van der Waals surface area contributed by atoms with Gasteiger partial charge in [0.05, 0.1) is 5.56 Å². The number of hydrogen-bond acceptors (Lipinski definition) is 3. The van der Waals surface area contributed by atoms with Crippen LogP contribution in [0.3, 0.4) is 0 Å². The summed E-state index contributed by atoms with van der Waals surface area (Å²) < 4.78 is 27.4. The van der Waals surface area contributed by atoms with Crippen LogP contribution in [0.5, 0.6) is 0 Å². The van der Waals surface area contributed by atoms with Crippen molar-refractivity contribution in [3.63, 3.8) is 0 Å². The molecule has 0 aliphatic carbocycles. The Kier molecular flexibility index (Phi) is 11.8. The van der Waals surface area contributed by atoms with E-state index >= 15 is 0 Å². The smallest absolute Gasteiger partial charge is 0.261 e. The van der Waals surface area contributed by atoms with E-state index in [1.165, 1.54) is 17.0 Å². The van der Waals surface area contributed by atoms with E-state index in [2.05, 4.69) is 26.1 Å². The van der Waals surface area contributed by atoms with Crippen LogP contribution in [0.1, 0.15) is 63.4 Å². The summed E-state index contributed by atoms with van der Waals surface area (Å²) in [6, 6.07) is 8.94. The molecule has 1 unspecified atom stereocenters. The molecule has 4 nitrogen and oxygen atoms in total. The number of nitrogens with zero attached hydrogens (tertiary/aromatic N) is 1. The lowest BCUT2D eigenvalue weighted by atomic mass is 9.82. The Morgan fingerprint density at radius 1 is 1.16 bits per heavy atom. The second-order valence-electron chi connectivity index (χ2n) is 7.81. The summed E-state index contributed by atoms with van der Waals surface area (Å²) in [6.45, 7) is 13.7. The number of carbonyl (C=O) groups is 1. The number of nitrogens with one attached hydrogen (secondary N) is 1. The topological polar surface area (TPSA) is 58.4 Å². The van der Waals surface area contributed by atoms with Crippen LogP contribution in [0.2, 0.25) is 5.02 Å². The molecule has 3 N–H and O–H groups in total. The average molecular weight is 468 g/mol. The largest absolute Gasteiger partial charge is 0.330 e. The molecule has 2 aromatic carbocycles. The summed E-state index contributed by atoms with van der Waals surface area (Å²) in [6.07, 6.45) is 1.90. The molecule has 0 bridgehead atoms. The minimum absolute atomic E-state index is 0.258. The van der Waals surface area contributed by atoms with Crippen LogP contribution in [0.25, 0.3) is 0 Å². The third-order valence-corrected chi connectivity index (χ3v) is 5.64. The molecule has 1 heterocycles. The maximum Gasteiger partial charge on any atom is 0.261 e.